The van der Waals surface area contributed by atoms with Crippen LogP contribution in [0.2, 0.25) is 0 Å². The second-order valence-corrected chi connectivity index (χ2v) is 7.51. The number of nitrogens with one attached hydrogen (secondary N) is 2. The van der Waals surface area contributed by atoms with Gasteiger partial charge >= 0.3 is 5.91 Å². The van der Waals surface area contributed by atoms with E-state index in [4.69, 9.17) is 4.42 Å². The predicted octanol–water partition coefficient (Wildman–Crippen LogP) is 2.73. The number of ketones is 1. The monoisotopic (exact) mass is 385 g/mol. The van der Waals surface area contributed by atoms with Gasteiger partial charge in [-0.1, -0.05) is 13.8 Å². The third kappa shape index (κ3) is 3.64. The highest BCUT2D eigenvalue weighted by molar-refractivity contribution is 6.04. The van der Waals surface area contributed by atoms with Gasteiger partial charge in [-0.2, -0.15) is 0 Å². The van der Waals surface area contributed by atoms with Crippen molar-refractivity contribution in [2.75, 3.05) is 0 Å². The molecule has 9 nitrogen and oxygen atoms in total. The Morgan fingerprint density at radius 1 is 1.11 bits per heavy atom. The zero-order valence-corrected chi connectivity index (χ0v) is 15.6. The number of rotatable bonds is 3. The molecule has 3 rings (SSSR count). The van der Waals surface area contributed by atoms with E-state index in [1.807, 2.05) is 13.8 Å². The molecular weight excluding hydrogens is 366 g/mol. The molecule has 0 saturated carbocycles. The summed E-state index contributed by atoms with van der Waals surface area (Å²) in [6.45, 7) is 5.54. The normalized spacial score (nSPS) is 14.9. The number of hydrogen-bond acceptors (Lipinski definition) is 6. The van der Waals surface area contributed by atoms with E-state index in [0.717, 1.165) is 0 Å². The number of hydrogen-bond donors (Lipinski definition) is 2. The number of nitrogens with zero attached hydrogens (tertiary/aromatic N) is 1. The van der Waals surface area contributed by atoms with Gasteiger partial charge in [0.05, 0.1) is 10.5 Å². The average Bonchev–Trinajstić information content (AvgIpc) is 2.94. The zero-order chi connectivity index (χ0) is 20.6. The van der Waals surface area contributed by atoms with Crippen LogP contribution in [0, 0.1) is 22.5 Å². The van der Waals surface area contributed by atoms with Crippen LogP contribution in [0.5, 0.6) is 0 Å². The molecule has 1 aliphatic carbocycles. The Balaban J connectivity index is 1.71. The summed E-state index contributed by atoms with van der Waals surface area (Å²) >= 11 is 0. The van der Waals surface area contributed by atoms with Crippen LogP contribution in [0.3, 0.4) is 0 Å². The first-order valence-electron chi connectivity index (χ1n) is 8.59. The van der Waals surface area contributed by atoms with Gasteiger partial charge in [-0.15, -0.1) is 0 Å². The lowest BCUT2D eigenvalue weighted by Gasteiger charge is -2.27. The summed E-state index contributed by atoms with van der Waals surface area (Å²) in [5.74, 6) is -0.950. The smallest absolute Gasteiger partial charge is 0.305 e. The van der Waals surface area contributed by atoms with Crippen LogP contribution in [0.25, 0.3) is 0 Å². The lowest BCUT2D eigenvalue weighted by molar-refractivity contribution is -0.384. The van der Waals surface area contributed by atoms with Crippen molar-refractivity contribution in [1.82, 2.24) is 10.9 Å². The van der Waals surface area contributed by atoms with Crippen LogP contribution in [0.15, 0.2) is 28.7 Å². The zero-order valence-electron chi connectivity index (χ0n) is 15.6. The van der Waals surface area contributed by atoms with Gasteiger partial charge in [0, 0.05) is 36.1 Å². The van der Waals surface area contributed by atoms with Crippen molar-refractivity contribution in [3.8, 4) is 0 Å². The maximum atomic E-state index is 12.4. The van der Waals surface area contributed by atoms with Gasteiger partial charge in [0.25, 0.3) is 11.6 Å². The molecular formula is C19H19N3O6. The van der Waals surface area contributed by atoms with Gasteiger partial charge in [-0.25, -0.2) is 0 Å². The second-order valence-electron chi connectivity index (χ2n) is 7.51. The number of nitro benzene ring substituents is 1. The van der Waals surface area contributed by atoms with Gasteiger partial charge in [-0.3, -0.25) is 35.3 Å². The van der Waals surface area contributed by atoms with E-state index in [2.05, 4.69) is 10.9 Å². The van der Waals surface area contributed by atoms with E-state index in [9.17, 15) is 24.5 Å². The third-order valence-corrected chi connectivity index (χ3v) is 4.61. The van der Waals surface area contributed by atoms with Crippen molar-refractivity contribution >= 4 is 23.3 Å². The topological polar surface area (TPSA) is 132 Å². The SMILES string of the molecule is Cc1c(C(=O)NNC(=O)c2ccc([N+](=O)[O-])cc2)oc2c1C(=O)CC(C)(C)C2. The Morgan fingerprint density at radius 2 is 1.71 bits per heavy atom. The Kier molecular flexibility index (Phi) is 4.76. The summed E-state index contributed by atoms with van der Waals surface area (Å²) in [4.78, 5) is 47.0. The molecule has 1 heterocycles. The van der Waals surface area contributed by atoms with Gasteiger partial charge in [-0.05, 0) is 24.5 Å². The van der Waals surface area contributed by atoms with Crippen LogP contribution >= 0.6 is 0 Å². The Bertz CT molecular complexity index is 988. The number of carbonyl (C=O) groups is 3. The number of benzene rings is 1. The van der Waals surface area contributed by atoms with E-state index >= 15 is 0 Å². The lowest BCUT2D eigenvalue weighted by atomic mass is 9.76. The molecule has 2 aromatic rings. The van der Waals surface area contributed by atoms with Crippen molar-refractivity contribution in [2.45, 2.75) is 33.6 Å². The number of carbonyl (C=O) groups excluding carboxylic acids is 3. The van der Waals surface area contributed by atoms with Crippen molar-refractivity contribution in [2.24, 2.45) is 5.41 Å². The van der Waals surface area contributed by atoms with E-state index in [1.54, 1.807) is 6.92 Å². The molecule has 1 aliphatic rings. The summed E-state index contributed by atoms with van der Waals surface area (Å²) in [7, 11) is 0. The Hall–Kier alpha value is -3.49. The quantitative estimate of drug-likeness (QED) is 0.617. The molecule has 1 aromatic carbocycles. The minimum Gasteiger partial charge on any atom is -0.455 e. The highest BCUT2D eigenvalue weighted by atomic mass is 16.6. The van der Waals surface area contributed by atoms with E-state index in [-0.39, 0.29) is 28.2 Å². The number of nitro groups is 1. The van der Waals surface area contributed by atoms with Crippen LogP contribution in [-0.4, -0.2) is 22.5 Å². The van der Waals surface area contributed by atoms with E-state index < -0.39 is 16.7 Å². The lowest BCUT2D eigenvalue weighted by Crippen LogP contribution is -2.41. The van der Waals surface area contributed by atoms with Crippen molar-refractivity contribution in [1.29, 1.82) is 0 Å². The van der Waals surface area contributed by atoms with Crippen LogP contribution in [0.4, 0.5) is 5.69 Å². The van der Waals surface area contributed by atoms with Crippen molar-refractivity contribution < 1.29 is 23.7 Å². The number of non-ortho nitro benzene ring substituents is 1. The van der Waals surface area contributed by atoms with Crippen LogP contribution in [-0.2, 0) is 6.42 Å². The van der Waals surface area contributed by atoms with Crippen LogP contribution in [0.1, 0.15) is 62.9 Å². The predicted molar refractivity (Wildman–Crippen MR) is 97.9 cm³/mol. The van der Waals surface area contributed by atoms with E-state index in [1.165, 1.54) is 24.3 Å². The summed E-state index contributed by atoms with van der Waals surface area (Å²) in [6, 6.07) is 4.93. The highest BCUT2D eigenvalue weighted by Crippen LogP contribution is 2.38. The molecule has 9 heteroatoms. The van der Waals surface area contributed by atoms with Gasteiger partial charge in [0.15, 0.2) is 11.5 Å². The summed E-state index contributed by atoms with van der Waals surface area (Å²) in [5.41, 5.74) is 5.09. The Labute approximate surface area is 160 Å². The summed E-state index contributed by atoms with van der Waals surface area (Å²) < 4.78 is 5.63. The molecule has 1 aromatic heterocycles. The molecule has 2 N–H and O–H groups in total. The fraction of sp³-hybridized carbons (Fsp3) is 0.316. The van der Waals surface area contributed by atoms with Crippen LogP contribution < -0.4 is 10.9 Å². The molecule has 0 saturated heterocycles. The minimum absolute atomic E-state index is 0.0277. The van der Waals surface area contributed by atoms with E-state index in [0.29, 0.717) is 29.7 Å². The molecule has 0 bridgehead atoms. The number of Topliss-reactive ketones (excluding diaryl/α,β-unsaturated/α-hetero) is 1. The summed E-state index contributed by atoms with van der Waals surface area (Å²) in [6.07, 6.45) is 0.912. The molecule has 0 atom stereocenters. The molecule has 0 spiro atoms. The van der Waals surface area contributed by atoms with Crippen molar-refractivity contribution in [3.63, 3.8) is 0 Å². The first kappa shape index (κ1) is 19.3. The van der Waals surface area contributed by atoms with Gasteiger partial charge < -0.3 is 4.42 Å². The third-order valence-electron chi connectivity index (χ3n) is 4.61. The maximum Gasteiger partial charge on any atom is 0.305 e. The molecule has 0 radical (unpaired) electrons. The number of hydrazine groups is 1. The Morgan fingerprint density at radius 3 is 2.32 bits per heavy atom. The number of fused-ring (bicyclic) bond motifs is 1. The van der Waals surface area contributed by atoms with Gasteiger partial charge in [0.2, 0.25) is 0 Å². The largest absolute Gasteiger partial charge is 0.455 e. The fourth-order valence-corrected chi connectivity index (χ4v) is 3.28. The fourth-order valence-electron chi connectivity index (χ4n) is 3.28. The molecule has 0 unspecified atom stereocenters. The maximum absolute atomic E-state index is 12.4. The van der Waals surface area contributed by atoms with Gasteiger partial charge in [0.1, 0.15) is 5.76 Å². The standard InChI is InChI=1S/C19H19N3O6/c1-10-15-13(23)8-19(2,3)9-14(15)28-16(10)18(25)21-20-17(24)11-4-6-12(7-5-11)22(26)27/h4-7H,8-9H2,1-3H3,(H,20,24)(H,21,25). The first-order chi connectivity index (χ1) is 13.1. The molecule has 146 valence electrons. The first-order valence-corrected chi connectivity index (χ1v) is 8.59. The number of amides is 2. The highest BCUT2D eigenvalue weighted by Gasteiger charge is 2.37. The second kappa shape index (κ2) is 6.91. The molecule has 0 fully saturated rings. The van der Waals surface area contributed by atoms with Crippen molar-refractivity contribution in [3.05, 3.63) is 62.6 Å². The molecule has 0 aliphatic heterocycles. The average molecular weight is 385 g/mol. The molecule has 2 amide bonds. The molecule has 28 heavy (non-hydrogen) atoms. The summed E-state index contributed by atoms with van der Waals surface area (Å²) in [5, 5.41) is 10.6. The number of furan rings is 1. The minimum atomic E-state index is -0.687.